The van der Waals surface area contributed by atoms with Crippen LogP contribution in [0.25, 0.3) is 28.0 Å². The van der Waals surface area contributed by atoms with Gasteiger partial charge in [-0.05, 0) is 96.2 Å². The zero-order valence-electron chi connectivity index (χ0n) is 30.2. The number of imidazole rings is 1. The second-order valence-electron chi connectivity index (χ2n) is 14.6. The number of benzene rings is 2. The summed E-state index contributed by atoms with van der Waals surface area (Å²) in [6.07, 6.45) is 6.72. The number of hydrogen-bond donors (Lipinski definition) is 0. The van der Waals surface area contributed by atoms with Gasteiger partial charge in [0.25, 0.3) is 0 Å². The van der Waals surface area contributed by atoms with Crippen molar-refractivity contribution in [3.63, 3.8) is 0 Å². The van der Waals surface area contributed by atoms with Crippen molar-refractivity contribution < 1.29 is 32.5 Å². The quantitative estimate of drug-likeness (QED) is 0.158. The van der Waals surface area contributed by atoms with Crippen LogP contribution in [0.2, 0.25) is 0 Å². The molecule has 266 valence electrons. The highest BCUT2D eigenvalue weighted by atomic mass is 19.2. The maximum Gasteiger partial charge on any atom is 0.339 e. The molecule has 50 heavy (non-hydrogen) atoms. The summed E-state index contributed by atoms with van der Waals surface area (Å²) in [5, 5.41) is 0. The topological polar surface area (TPSA) is 74.5 Å². The monoisotopic (exact) mass is 687 g/mol. The molecule has 2 unspecified atom stereocenters. The van der Waals surface area contributed by atoms with Crippen molar-refractivity contribution in [3.8, 4) is 28.1 Å². The molecule has 4 aromatic rings. The number of aromatic nitrogens is 2. The van der Waals surface area contributed by atoms with Crippen LogP contribution in [0, 0.1) is 25.5 Å². The summed E-state index contributed by atoms with van der Waals surface area (Å²) in [5.74, 6) is -1.36. The molecule has 8 nitrogen and oxygen atoms in total. The number of rotatable bonds is 3. The van der Waals surface area contributed by atoms with Crippen molar-refractivity contribution >= 4 is 17.4 Å². The first-order valence-corrected chi connectivity index (χ1v) is 17.3. The lowest BCUT2D eigenvalue weighted by atomic mass is 9.92. The van der Waals surface area contributed by atoms with E-state index in [1.807, 2.05) is 76.4 Å². The Morgan fingerprint density at radius 2 is 1.78 bits per heavy atom. The number of aryl methyl sites for hydroxylation is 1. The van der Waals surface area contributed by atoms with Gasteiger partial charge in [-0.25, -0.2) is 18.6 Å². The molecule has 3 aliphatic heterocycles. The number of hydrogen-bond acceptors (Lipinski definition) is 7. The third kappa shape index (κ3) is 7.01. The maximum absolute atomic E-state index is 15.6. The molecule has 0 aliphatic carbocycles. The third-order valence-electron chi connectivity index (χ3n) is 9.74. The minimum Gasteiger partial charge on any atom is -0.490 e. The number of carbonyl (C=O) groups excluding carboxylic acids is 1. The Bertz CT molecular complexity index is 1940. The minimum atomic E-state index is -0.996. The molecule has 0 N–H and O–H groups in total. The Kier molecular flexibility index (Phi) is 9.81. The van der Waals surface area contributed by atoms with Crippen LogP contribution < -0.4 is 9.64 Å². The first-order valence-electron chi connectivity index (χ1n) is 17.3. The van der Waals surface area contributed by atoms with E-state index in [0.717, 1.165) is 47.1 Å². The Morgan fingerprint density at radius 1 is 1.06 bits per heavy atom. The molecule has 0 amide bonds. The fourth-order valence-corrected chi connectivity index (χ4v) is 6.87. The van der Waals surface area contributed by atoms with Gasteiger partial charge in [0.15, 0.2) is 17.7 Å². The van der Waals surface area contributed by atoms with Crippen LogP contribution in [-0.2, 0) is 19.0 Å². The zero-order chi connectivity index (χ0) is 36.0. The number of halogens is 2. The second-order valence-corrected chi connectivity index (χ2v) is 14.6. The Labute approximate surface area is 293 Å². The fourth-order valence-electron chi connectivity index (χ4n) is 6.87. The molecule has 0 spiro atoms. The summed E-state index contributed by atoms with van der Waals surface area (Å²) >= 11 is 0. The average Bonchev–Trinajstić information content (AvgIpc) is 3.52. The van der Waals surface area contributed by atoms with E-state index < -0.39 is 29.3 Å². The molecule has 0 saturated carbocycles. The van der Waals surface area contributed by atoms with Crippen LogP contribution in [0.3, 0.4) is 0 Å². The number of ether oxygens (including phenoxy) is 4. The molecule has 7 rings (SSSR count). The predicted octanol–water partition coefficient (Wildman–Crippen LogP) is 8.70. The van der Waals surface area contributed by atoms with Crippen molar-refractivity contribution in [2.24, 2.45) is 0 Å². The standard InChI is InChI=1S/C40H47F2N3O5/c1-24-12-9-10-21-48-40(7)17-19-44(20-18-40)37-32(35(38(46)47-8)50-39(4,5)6)25(2)26(3)36-43-30(23-45(36)37)27-13-11-14-28(22-27)33-31(49-24)16-15-29(41)34(33)42/h9-11,13-16,22-24,35H,12,17-21H2,1-8H3. The number of methoxy groups -OCH3 is 1. The number of esters is 1. The van der Waals surface area contributed by atoms with Crippen LogP contribution in [0.5, 0.6) is 5.75 Å². The van der Waals surface area contributed by atoms with Gasteiger partial charge in [0.2, 0.25) is 0 Å². The number of pyridine rings is 1. The van der Waals surface area contributed by atoms with Crippen molar-refractivity contribution in [1.29, 1.82) is 0 Å². The summed E-state index contributed by atoms with van der Waals surface area (Å²) in [5.41, 5.74) is 4.07. The van der Waals surface area contributed by atoms with E-state index in [9.17, 15) is 9.18 Å². The molecule has 1 fully saturated rings. The first-order chi connectivity index (χ1) is 23.7. The molecular formula is C40H47F2N3O5. The van der Waals surface area contributed by atoms with Gasteiger partial charge < -0.3 is 23.8 Å². The molecule has 10 heteroatoms. The van der Waals surface area contributed by atoms with Crippen molar-refractivity contribution in [3.05, 3.63) is 83.1 Å². The van der Waals surface area contributed by atoms with E-state index in [1.54, 1.807) is 12.1 Å². The molecule has 2 aromatic heterocycles. The van der Waals surface area contributed by atoms with E-state index in [0.29, 0.717) is 42.9 Å². The Morgan fingerprint density at radius 3 is 2.48 bits per heavy atom. The molecule has 6 bridgehead atoms. The van der Waals surface area contributed by atoms with Gasteiger partial charge in [-0.3, -0.25) is 4.40 Å². The second kappa shape index (κ2) is 13.8. The van der Waals surface area contributed by atoms with Crippen LogP contribution >= 0.6 is 0 Å². The summed E-state index contributed by atoms with van der Waals surface area (Å²) in [7, 11) is 1.37. The SMILES string of the molecule is COC(=O)C(OC(C)(C)C)c1c(C)c(C)c2nc3cn2c1N1CCC(C)(CC1)OCC=CCC(C)Oc1ccc(F)c(F)c1-c1cccc-3c1. The molecule has 1 saturated heterocycles. The third-order valence-corrected chi connectivity index (χ3v) is 9.74. The molecule has 0 radical (unpaired) electrons. The summed E-state index contributed by atoms with van der Waals surface area (Å²) in [6.45, 7) is 15.5. The fraction of sp³-hybridized carbons (Fsp3) is 0.450. The highest BCUT2D eigenvalue weighted by Crippen LogP contribution is 2.42. The minimum absolute atomic E-state index is 0.0516. The molecule has 2 aromatic carbocycles. The zero-order valence-corrected chi connectivity index (χ0v) is 30.2. The first kappa shape index (κ1) is 35.5. The summed E-state index contributed by atoms with van der Waals surface area (Å²) < 4.78 is 56.8. The van der Waals surface area contributed by atoms with Gasteiger partial charge in [-0.2, -0.15) is 0 Å². The van der Waals surface area contributed by atoms with Gasteiger partial charge in [0.1, 0.15) is 17.2 Å². The smallest absolute Gasteiger partial charge is 0.339 e. The lowest BCUT2D eigenvalue weighted by Crippen LogP contribution is -2.45. The van der Waals surface area contributed by atoms with E-state index in [1.165, 1.54) is 13.2 Å². The molecule has 5 heterocycles. The number of anilines is 1. The highest BCUT2D eigenvalue weighted by Gasteiger charge is 2.38. The van der Waals surface area contributed by atoms with Crippen molar-refractivity contribution in [1.82, 2.24) is 9.38 Å². The lowest BCUT2D eigenvalue weighted by molar-refractivity contribution is -0.164. The van der Waals surface area contributed by atoms with E-state index >= 15 is 4.39 Å². The number of carbonyl (C=O) groups is 1. The van der Waals surface area contributed by atoms with Gasteiger partial charge >= 0.3 is 5.97 Å². The van der Waals surface area contributed by atoms with Crippen molar-refractivity contribution in [2.45, 2.75) is 91.1 Å². The number of piperidine rings is 1. The van der Waals surface area contributed by atoms with E-state index in [-0.39, 0.29) is 23.0 Å². The predicted molar refractivity (Wildman–Crippen MR) is 191 cm³/mol. The van der Waals surface area contributed by atoms with Crippen LogP contribution in [0.4, 0.5) is 14.6 Å². The largest absolute Gasteiger partial charge is 0.490 e. The molecular weight excluding hydrogens is 640 g/mol. The number of nitrogens with zero attached hydrogens (tertiary/aromatic N) is 3. The van der Waals surface area contributed by atoms with E-state index in [4.69, 9.17) is 23.9 Å². The van der Waals surface area contributed by atoms with Gasteiger partial charge in [-0.15, -0.1) is 0 Å². The van der Waals surface area contributed by atoms with Crippen LogP contribution in [0.15, 0.2) is 54.7 Å². The molecule has 3 aliphatic rings. The number of fused-ring (bicyclic) bond motifs is 7. The molecule has 2 atom stereocenters. The van der Waals surface area contributed by atoms with Gasteiger partial charge in [-0.1, -0.05) is 30.4 Å². The van der Waals surface area contributed by atoms with E-state index in [2.05, 4.69) is 11.8 Å². The van der Waals surface area contributed by atoms with Gasteiger partial charge in [0, 0.05) is 36.8 Å². The van der Waals surface area contributed by atoms with Crippen molar-refractivity contribution in [2.75, 3.05) is 31.7 Å². The maximum atomic E-state index is 15.6. The van der Waals surface area contributed by atoms with Gasteiger partial charge in [0.05, 0.1) is 42.3 Å². The summed E-state index contributed by atoms with van der Waals surface area (Å²) in [6, 6.07) is 9.82. The average molecular weight is 688 g/mol. The lowest BCUT2D eigenvalue weighted by Gasteiger charge is -2.42. The normalized spacial score (nSPS) is 20.4. The van der Waals surface area contributed by atoms with Crippen LogP contribution in [-0.4, -0.2) is 59.5 Å². The summed E-state index contributed by atoms with van der Waals surface area (Å²) in [4.78, 5) is 20.9. The van der Waals surface area contributed by atoms with Crippen LogP contribution in [0.1, 0.15) is 76.7 Å². The Balaban J connectivity index is 1.60. The Hall–Kier alpha value is -4.28. The highest BCUT2D eigenvalue weighted by molar-refractivity contribution is 5.82.